The smallest absolute Gasteiger partial charge is 0.409 e. The van der Waals surface area contributed by atoms with Crippen LogP contribution >= 0.6 is 21.6 Å². The summed E-state index contributed by atoms with van der Waals surface area (Å²) in [6.07, 6.45) is 5.96. The van der Waals surface area contributed by atoms with Crippen molar-refractivity contribution in [1.82, 2.24) is 15.1 Å². The van der Waals surface area contributed by atoms with Crippen molar-refractivity contribution in [3.05, 3.63) is 42.0 Å². The molecule has 2 rings (SSSR count). The van der Waals surface area contributed by atoms with Gasteiger partial charge in [-0.25, -0.2) is 9.59 Å². The number of unbranched alkanes of at least 4 members (excludes halogenated alkanes) is 3. The molecular formula is C26H35N3O7S2. The highest BCUT2D eigenvalue weighted by atomic mass is 33.1. The van der Waals surface area contributed by atoms with E-state index in [-0.39, 0.29) is 42.6 Å². The molecule has 0 fully saturated rings. The van der Waals surface area contributed by atoms with Crippen molar-refractivity contribution in [2.24, 2.45) is 0 Å². The molecular weight excluding hydrogens is 530 g/mol. The van der Waals surface area contributed by atoms with Gasteiger partial charge in [0.05, 0.1) is 0 Å². The number of amides is 4. The lowest BCUT2D eigenvalue weighted by Crippen LogP contribution is -2.42. The van der Waals surface area contributed by atoms with Crippen LogP contribution in [-0.4, -0.2) is 76.6 Å². The van der Waals surface area contributed by atoms with Crippen LogP contribution in [0.2, 0.25) is 0 Å². The van der Waals surface area contributed by atoms with Crippen molar-refractivity contribution in [2.45, 2.75) is 63.0 Å². The van der Waals surface area contributed by atoms with E-state index < -0.39 is 12.0 Å². The van der Waals surface area contributed by atoms with Gasteiger partial charge in [-0.2, -0.15) is 0 Å². The molecule has 0 saturated heterocycles. The third-order valence-corrected chi connectivity index (χ3v) is 8.04. The van der Waals surface area contributed by atoms with Crippen molar-refractivity contribution in [1.29, 1.82) is 0 Å². The number of imide groups is 1. The molecule has 1 aliphatic rings. The topological polar surface area (TPSA) is 133 Å². The predicted molar refractivity (Wildman–Crippen MR) is 146 cm³/mol. The number of carbonyl (C=O) groups is 5. The van der Waals surface area contributed by atoms with Gasteiger partial charge in [0.15, 0.2) is 0 Å². The molecule has 0 spiro atoms. The molecule has 0 aromatic heterocycles. The predicted octanol–water partition coefficient (Wildman–Crippen LogP) is 3.85. The molecule has 208 valence electrons. The van der Waals surface area contributed by atoms with Crippen LogP contribution < -0.4 is 5.32 Å². The minimum atomic E-state index is -1.11. The zero-order valence-corrected chi connectivity index (χ0v) is 23.4. The van der Waals surface area contributed by atoms with E-state index in [9.17, 15) is 29.1 Å². The Morgan fingerprint density at radius 3 is 2.37 bits per heavy atom. The van der Waals surface area contributed by atoms with Gasteiger partial charge in [-0.05, 0) is 37.0 Å². The number of rotatable bonds is 17. The summed E-state index contributed by atoms with van der Waals surface area (Å²) < 4.78 is 5.31. The van der Waals surface area contributed by atoms with Crippen LogP contribution in [0.1, 0.15) is 51.0 Å². The number of ether oxygens (including phenoxy) is 1. The van der Waals surface area contributed by atoms with Gasteiger partial charge in [-0.15, -0.1) is 0 Å². The monoisotopic (exact) mass is 565 g/mol. The Bertz CT molecular complexity index is 983. The van der Waals surface area contributed by atoms with Gasteiger partial charge in [0, 0.05) is 49.4 Å². The largest absolute Gasteiger partial charge is 0.480 e. The normalized spacial score (nSPS) is 13.5. The van der Waals surface area contributed by atoms with Gasteiger partial charge in [0.25, 0.3) is 11.8 Å². The van der Waals surface area contributed by atoms with Gasteiger partial charge >= 0.3 is 12.1 Å². The summed E-state index contributed by atoms with van der Waals surface area (Å²) in [6, 6.07) is 6.43. The van der Waals surface area contributed by atoms with Gasteiger partial charge in [-0.1, -0.05) is 53.5 Å². The standard InChI is InChI=1S/C26H35N3O7S2/c1-3-4-15-28(2)26(35)36-17-19-9-11-20(12-10-19)38-37-18-21(25(33)34)27-22(30)8-6-5-7-16-29-23(31)13-14-24(29)32/h9-14,21H,3-8,15-18H2,1-2H3,(H,27,30)(H,33,34)/t21-/m0/s1. The van der Waals surface area contributed by atoms with Gasteiger partial charge in [0.1, 0.15) is 12.6 Å². The number of nitrogens with zero attached hydrogens (tertiary/aromatic N) is 2. The van der Waals surface area contributed by atoms with Crippen molar-refractivity contribution < 1.29 is 33.8 Å². The molecule has 1 aliphatic heterocycles. The molecule has 0 unspecified atom stereocenters. The molecule has 0 radical (unpaired) electrons. The summed E-state index contributed by atoms with van der Waals surface area (Å²) in [5.41, 5.74) is 0.850. The van der Waals surface area contributed by atoms with Crippen molar-refractivity contribution in [3.8, 4) is 0 Å². The molecule has 0 saturated carbocycles. The molecule has 12 heteroatoms. The quantitative estimate of drug-likeness (QED) is 0.164. The maximum atomic E-state index is 12.2. The Balaban J connectivity index is 1.64. The number of aliphatic carboxylic acids is 1. The van der Waals surface area contributed by atoms with Crippen LogP contribution in [0.25, 0.3) is 0 Å². The summed E-state index contributed by atoms with van der Waals surface area (Å²) in [4.78, 5) is 62.4. The van der Waals surface area contributed by atoms with E-state index in [2.05, 4.69) is 12.2 Å². The first-order valence-corrected chi connectivity index (χ1v) is 14.8. The van der Waals surface area contributed by atoms with Crippen LogP contribution in [0.3, 0.4) is 0 Å². The third kappa shape index (κ3) is 11.2. The third-order valence-electron chi connectivity index (χ3n) is 5.65. The number of carbonyl (C=O) groups excluding carboxylic acids is 4. The molecule has 10 nitrogen and oxygen atoms in total. The number of hydrogen-bond donors (Lipinski definition) is 2. The van der Waals surface area contributed by atoms with E-state index in [0.717, 1.165) is 28.2 Å². The van der Waals surface area contributed by atoms with E-state index in [1.54, 1.807) is 11.9 Å². The number of hydrogen-bond acceptors (Lipinski definition) is 8. The number of nitrogens with one attached hydrogen (secondary N) is 1. The molecule has 1 atom stereocenters. The lowest BCUT2D eigenvalue weighted by molar-refractivity contribution is -0.141. The van der Waals surface area contributed by atoms with Crippen molar-refractivity contribution in [3.63, 3.8) is 0 Å². The van der Waals surface area contributed by atoms with E-state index in [4.69, 9.17) is 4.74 Å². The number of benzene rings is 1. The minimum absolute atomic E-state index is 0.169. The molecule has 4 amide bonds. The average molecular weight is 566 g/mol. The molecule has 1 heterocycles. The Kier molecular flexibility index (Phi) is 13.8. The molecule has 1 aromatic rings. The fraction of sp³-hybridized carbons (Fsp3) is 0.500. The van der Waals surface area contributed by atoms with Gasteiger partial charge in [0.2, 0.25) is 5.91 Å². The number of carboxylic acid groups (broad SMARTS) is 1. The summed E-state index contributed by atoms with van der Waals surface area (Å²) in [7, 11) is 4.43. The van der Waals surface area contributed by atoms with Gasteiger partial charge in [-0.3, -0.25) is 19.3 Å². The lowest BCUT2D eigenvalue weighted by Gasteiger charge is -2.16. The molecule has 0 aliphatic carbocycles. The number of carboxylic acids is 1. The summed E-state index contributed by atoms with van der Waals surface area (Å²) in [5, 5.41) is 12.0. The summed E-state index contributed by atoms with van der Waals surface area (Å²) >= 11 is 0. The fourth-order valence-electron chi connectivity index (χ4n) is 3.38. The van der Waals surface area contributed by atoms with E-state index in [0.29, 0.717) is 32.4 Å². The zero-order chi connectivity index (χ0) is 27.9. The maximum absolute atomic E-state index is 12.2. The molecule has 0 bridgehead atoms. The van der Waals surface area contributed by atoms with Crippen molar-refractivity contribution >= 4 is 51.4 Å². The van der Waals surface area contributed by atoms with E-state index in [1.807, 2.05) is 24.3 Å². The minimum Gasteiger partial charge on any atom is -0.480 e. The van der Waals surface area contributed by atoms with Crippen LogP contribution in [0, 0.1) is 0 Å². The molecule has 38 heavy (non-hydrogen) atoms. The highest BCUT2D eigenvalue weighted by molar-refractivity contribution is 8.76. The maximum Gasteiger partial charge on any atom is 0.409 e. The van der Waals surface area contributed by atoms with Gasteiger partial charge < -0.3 is 20.1 Å². The summed E-state index contributed by atoms with van der Waals surface area (Å²) in [6.45, 7) is 3.19. The first-order valence-electron chi connectivity index (χ1n) is 12.5. The second kappa shape index (κ2) is 16.8. The Morgan fingerprint density at radius 1 is 1.05 bits per heavy atom. The highest BCUT2D eigenvalue weighted by Gasteiger charge is 2.23. The van der Waals surface area contributed by atoms with Crippen LogP contribution in [0.4, 0.5) is 4.79 Å². The van der Waals surface area contributed by atoms with Crippen LogP contribution in [-0.2, 0) is 30.5 Å². The highest BCUT2D eigenvalue weighted by Crippen LogP contribution is 2.31. The SMILES string of the molecule is CCCCN(C)C(=O)OCc1ccc(SSC[C@H](NC(=O)CCCCCN2C(=O)C=CC2=O)C(=O)O)cc1. The van der Waals surface area contributed by atoms with Crippen LogP contribution in [0.5, 0.6) is 0 Å². The van der Waals surface area contributed by atoms with Crippen molar-refractivity contribution in [2.75, 3.05) is 25.9 Å². The Morgan fingerprint density at radius 2 is 1.74 bits per heavy atom. The second-order valence-corrected chi connectivity index (χ2v) is 11.2. The average Bonchev–Trinajstić information content (AvgIpc) is 3.22. The van der Waals surface area contributed by atoms with E-state index >= 15 is 0 Å². The Hall–Kier alpha value is -2.99. The lowest BCUT2D eigenvalue weighted by atomic mass is 10.1. The van der Waals surface area contributed by atoms with E-state index in [1.165, 1.54) is 33.7 Å². The molecule has 2 N–H and O–H groups in total. The zero-order valence-electron chi connectivity index (χ0n) is 21.7. The first kappa shape index (κ1) is 31.2. The fourth-order valence-corrected chi connectivity index (χ4v) is 5.55. The Labute approximate surface area is 230 Å². The second-order valence-electron chi connectivity index (χ2n) is 8.77. The summed E-state index contributed by atoms with van der Waals surface area (Å²) in [5.74, 6) is -1.92. The molecule has 1 aromatic carbocycles. The first-order chi connectivity index (χ1) is 18.2. The van der Waals surface area contributed by atoms with Crippen LogP contribution in [0.15, 0.2) is 41.3 Å².